The summed E-state index contributed by atoms with van der Waals surface area (Å²) >= 11 is 0. The van der Waals surface area contributed by atoms with Gasteiger partial charge in [-0.25, -0.2) is 0 Å². The number of benzene rings is 1. The highest BCUT2D eigenvalue weighted by Gasteiger charge is 2.25. The first-order valence-corrected chi connectivity index (χ1v) is 5.77. The van der Waals surface area contributed by atoms with Crippen LogP contribution in [0.25, 0.3) is 0 Å². The van der Waals surface area contributed by atoms with E-state index in [0.29, 0.717) is 0 Å². The second-order valence-electron chi connectivity index (χ2n) is 3.29. The highest BCUT2D eigenvalue weighted by molar-refractivity contribution is 7.17. The van der Waals surface area contributed by atoms with Crippen LogP contribution in [0.4, 0.5) is 0 Å². The molecule has 2 rings (SSSR count). The van der Waals surface area contributed by atoms with E-state index in [4.69, 9.17) is 4.52 Å². The predicted molar refractivity (Wildman–Crippen MR) is 63.2 cm³/mol. The van der Waals surface area contributed by atoms with Gasteiger partial charge in [-0.3, -0.25) is 0 Å². The molecule has 0 saturated carbocycles. The summed E-state index contributed by atoms with van der Waals surface area (Å²) in [5, 5.41) is 0. The molecule has 0 aliphatic rings. The van der Waals surface area contributed by atoms with Gasteiger partial charge < -0.3 is 5.48 Å². The summed E-state index contributed by atoms with van der Waals surface area (Å²) in [6.45, 7) is 0. The van der Waals surface area contributed by atoms with Gasteiger partial charge in [0, 0.05) is 12.1 Å². The monoisotopic (exact) mass is 250 g/mol. The Bertz CT molecular complexity index is 410. The van der Waals surface area contributed by atoms with E-state index in [2.05, 4.69) is 0 Å². The number of hydrogen-bond acceptors (Lipinski definition) is 3. The SMILES string of the molecule is O=[PH+]OC(c1ccccc1)[n+]1ccccc1.[OH-]. The van der Waals surface area contributed by atoms with Crippen molar-refractivity contribution in [3.8, 4) is 0 Å². The van der Waals surface area contributed by atoms with Gasteiger partial charge >= 0.3 is 14.9 Å². The van der Waals surface area contributed by atoms with Crippen molar-refractivity contribution in [3.05, 3.63) is 66.5 Å². The first-order valence-electron chi connectivity index (χ1n) is 4.95. The summed E-state index contributed by atoms with van der Waals surface area (Å²) in [4.78, 5) is 0. The topological polar surface area (TPSA) is 60.2 Å². The molecule has 0 aliphatic heterocycles. The normalized spacial score (nSPS) is 11.8. The molecule has 5 heteroatoms. The number of hydrogen-bond donors (Lipinski definition) is 0. The Morgan fingerprint density at radius 2 is 1.59 bits per heavy atom. The summed E-state index contributed by atoms with van der Waals surface area (Å²) < 4.78 is 17.8. The maximum atomic E-state index is 10.7. The van der Waals surface area contributed by atoms with Crippen molar-refractivity contribution in [2.75, 3.05) is 0 Å². The van der Waals surface area contributed by atoms with Crippen LogP contribution in [0.2, 0.25) is 0 Å². The Morgan fingerprint density at radius 3 is 2.18 bits per heavy atom. The first-order chi connectivity index (χ1) is 7.92. The molecule has 2 aromatic rings. The molecule has 0 radical (unpaired) electrons. The van der Waals surface area contributed by atoms with Gasteiger partial charge in [-0.15, -0.1) is 0 Å². The highest BCUT2D eigenvalue weighted by atomic mass is 31.1. The fraction of sp³-hybridized carbons (Fsp3) is 0.0833. The second-order valence-corrected chi connectivity index (χ2v) is 3.69. The van der Waals surface area contributed by atoms with Crippen molar-refractivity contribution < 1.29 is 19.1 Å². The van der Waals surface area contributed by atoms with Crippen molar-refractivity contribution in [2.45, 2.75) is 6.23 Å². The zero-order chi connectivity index (χ0) is 11.2. The third kappa shape index (κ3) is 3.43. The summed E-state index contributed by atoms with van der Waals surface area (Å²) in [6.07, 6.45) is 3.44. The van der Waals surface area contributed by atoms with E-state index in [9.17, 15) is 4.57 Å². The van der Waals surface area contributed by atoms with Crippen LogP contribution in [-0.2, 0) is 9.09 Å². The lowest BCUT2D eigenvalue weighted by atomic mass is 10.2. The average Bonchev–Trinajstić information content (AvgIpc) is 2.38. The van der Waals surface area contributed by atoms with Gasteiger partial charge in [-0.05, 0) is 16.7 Å². The van der Waals surface area contributed by atoms with E-state index >= 15 is 0 Å². The average molecular weight is 250 g/mol. The van der Waals surface area contributed by atoms with Crippen molar-refractivity contribution in [3.63, 3.8) is 0 Å². The molecule has 88 valence electrons. The molecular formula is C12H13NO3P+. The highest BCUT2D eigenvalue weighted by Crippen LogP contribution is 2.17. The van der Waals surface area contributed by atoms with Crippen LogP contribution in [0.1, 0.15) is 11.8 Å². The lowest BCUT2D eigenvalue weighted by Crippen LogP contribution is -2.39. The molecule has 0 amide bonds. The number of rotatable bonds is 4. The summed E-state index contributed by atoms with van der Waals surface area (Å²) in [5.41, 5.74) is 0.974. The smallest absolute Gasteiger partial charge is 0.501 e. The molecule has 1 aromatic heterocycles. The van der Waals surface area contributed by atoms with Crippen molar-refractivity contribution >= 4 is 8.69 Å². The third-order valence-corrected chi connectivity index (χ3v) is 2.57. The van der Waals surface area contributed by atoms with E-state index in [-0.39, 0.29) is 11.7 Å². The molecule has 2 atom stereocenters. The Hall–Kier alpha value is -1.61. The van der Waals surface area contributed by atoms with Gasteiger partial charge in [-0.2, -0.15) is 4.57 Å². The van der Waals surface area contributed by atoms with Gasteiger partial charge in [-0.1, -0.05) is 28.8 Å². The van der Waals surface area contributed by atoms with E-state index in [1.165, 1.54) is 0 Å². The molecule has 0 fully saturated rings. The van der Waals surface area contributed by atoms with Gasteiger partial charge in [0.1, 0.15) is 0 Å². The van der Waals surface area contributed by atoms with Gasteiger partial charge in [0.25, 0.3) is 0 Å². The molecule has 0 bridgehead atoms. The minimum Gasteiger partial charge on any atom is -0.870 e. The molecule has 0 aliphatic carbocycles. The molecule has 0 saturated heterocycles. The Balaban J connectivity index is 0.00000144. The van der Waals surface area contributed by atoms with E-state index in [0.717, 1.165) is 5.56 Å². The number of pyridine rings is 1. The maximum absolute atomic E-state index is 10.7. The fourth-order valence-corrected chi connectivity index (χ4v) is 1.88. The summed E-state index contributed by atoms with van der Waals surface area (Å²) in [5.74, 6) is 0. The second kappa shape index (κ2) is 6.86. The third-order valence-electron chi connectivity index (χ3n) is 2.25. The molecule has 17 heavy (non-hydrogen) atoms. The molecule has 0 spiro atoms. The minimum atomic E-state index is -0.782. The van der Waals surface area contributed by atoms with Gasteiger partial charge in [0.05, 0.1) is 5.56 Å². The first kappa shape index (κ1) is 13.5. The molecular weight excluding hydrogens is 237 g/mol. The maximum Gasteiger partial charge on any atom is 0.501 e. The van der Waals surface area contributed by atoms with Crippen molar-refractivity contribution in [1.82, 2.24) is 0 Å². The Labute approximate surface area is 101 Å². The van der Waals surface area contributed by atoms with E-state index in [1.807, 2.05) is 65.5 Å². The zero-order valence-electron chi connectivity index (χ0n) is 9.06. The molecule has 2 unspecified atom stereocenters. The molecule has 1 N–H and O–H groups in total. The molecule has 1 heterocycles. The van der Waals surface area contributed by atoms with Crippen LogP contribution in [0, 0.1) is 0 Å². The van der Waals surface area contributed by atoms with Crippen LogP contribution in [0.3, 0.4) is 0 Å². The van der Waals surface area contributed by atoms with Crippen molar-refractivity contribution in [2.24, 2.45) is 0 Å². The van der Waals surface area contributed by atoms with Crippen LogP contribution in [0.15, 0.2) is 60.9 Å². The minimum absolute atomic E-state index is 0. The van der Waals surface area contributed by atoms with Gasteiger partial charge in [0.15, 0.2) is 12.4 Å². The van der Waals surface area contributed by atoms with Crippen LogP contribution < -0.4 is 4.57 Å². The standard InChI is InChI=1S/C12H12NO2P.H2O/c14-16-15-12(11-7-3-1-4-8-11)13-9-5-2-6-10-13;/h1-10,12,16H;1H2/q+2;/p-1. The number of nitrogens with zero attached hydrogens (tertiary/aromatic N) is 1. The predicted octanol–water partition coefficient (Wildman–Crippen LogP) is 2.30. The fourth-order valence-electron chi connectivity index (χ4n) is 1.53. The lowest BCUT2D eigenvalue weighted by molar-refractivity contribution is -0.743. The summed E-state index contributed by atoms with van der Waals surface area (Å²) in [6, 6.07) is 15.5. The van der Waals surface area contributed by atoms with Crippen molar-refractivity contribution in [1.29, 1.82) is 0 Å². The lowest BCUT2D eigenvalue weighted by Gasteiger charge is -2.05. The van der Waals surface area contributed by atoms with Gasteiger partial charge in [0.2, 0.25) is 0 Å². The van der Waals surface area contributed by atoms with Crippen LogP contribution >= 0.6 is 8.69 Å². The zero-order valence-corrected chi connectivity index (χ0v) is 10.1. The Morgan fingerprint density at radius 1 is 1.00 bits per heavy atom. The number of aromatic nitrogens is 1. The van der Waals surface area contributed by atoms with Crippen LogP contribution in [-0.4, -0.2) is 5.48 Å². The molecule has 1 aromatic carbocycles. The van der Waals surface area contributed by atoms with E-state index in [1.54, 1.807) is 0 Å². The Kier molecular flexibility index (Phi) is 5.43. The van der Waals surface area contributed by atoms with E-state index < -0.39 is 8.69 Å². The quantitative estimate of drug-likeness (QED) is 0.618. The largest absolute Gasteiger partial charge is 0.870 e. The van der Waals surface area contributed by atoms with Crippen LogP contribution in [0.5, 0.6) is 0 Å². The molecule has 4 nitrogen and oxygen atoms in total. The summed E-state index contributed by atoms with van der Waals surface area (Å²) in [7, 11) is -0.782.